The van der Waals surface area contributed by atoms with Gasteiger partial charge in [0.05, 0.1) is 0 Å². The summed E-state index contributed by atoms with van der Waals surface area (Å²) < 4.78 is 5.31. The Morgan fingerprint density at radius 2 is 1.55 bits per heavy atom. The summed E-state index contributed by atoms with van der Waals surface area (Å²) >= 11 is 0. The van der Waals surface area contributed by atoms with Crippen LogP contribution in [0.1, 0.15) is 44.2 Å². The Bertz CT molecular complexity index is 1520. The van der Waals surface area contributed by atoms with Crippen molar-refractivity contribution in [3.63, 3.8) is 0 Å². The molecule has 222 valence electrons. The van der Waals surface area contributed by atoms with E-state index in [0.717, 1.165) is 16.5 Å². The van der Waals surface area contributed by atoms with Crippen molar-refractivity contribution >= 4 is 46.3 Å². The smallest absolute Gasteiger partial charge is 0.336 e. The number of aliphatic carboxylic acids is 1. The van der Waals surface area contributed by atoms with Crippen LogP contribution < -0.4 is 26.9 Å². The molecule has 5 N–H and O–H groups in total. The van der Waals surface area contributed by atoms with Crippen LogP contribution in [0.15, 0.2) is 63.8 Å². The maximum Gasteiger partial charge on any atom is 0.336 e. The fraction of sp³-hybridized carbons (Fsp3) is 0.333. The van der Waals surface area contributed by atoms with E-state index in [4.69, 9.17) is 9.52 Å². The van der Waals surface area contributed by atoms with Crippen molar-refractivity contribution in [3.05, 3.63) is 76.1 Å². The van der Waals surface area contributed by atoms with Gasteiger partial charge in [0.25, 0.3) is 0 Å². The first-order valence-electron chi connectivity index (χ1n) is 13.4. The number of anilines is 1. The minimum atomic E-state index is -1.11. The number of aryl methyl sites for hydroxylation is 1. The Labute approximate surface area is 241 Å². The molecule has 1 heterocycles. The summed E-state index contributed by atoms with van der Waals surface area (Å²) in [6.07, 6.45) is 0.118. The maximum atomic E-state index is 13.3. The van der Waals surface area contributed by atoms with Crippen LogP contribution in [0.4, 0.5) is 5.69 Å². The van der Waals surface area contributed by atoms with E-state index in [0.29, 0.717) is 11.3 Å². The van der Waals surface area contributed by atoms with Gasteiger partial charge in [0.15, 0.2) is 0 Å². The molecule has 12 heteroatoms. The highest BCUT2D eigenvalue weighted by molar-refractivity contribution is 6.02. The zero-order valence-corrected chi connectivity index (χ0v) is 23.6. The molecule has 0 spiro atoms. The Morgan fingerprint density at radius 3 is 2.24 bits per heavy atom. The average Bonchev–Trinajstić information content (AvgIpc) is 2.92. The molecule has 0 aliphatic carbocycles. The van der Waals surface area contributed by atoms with Crippen molar-refractivity contribution in [2.45, 2.75) is 64.6 Å². The maximum absolute atomic E-state index is 13.3. The van der Waals surface area contributed by atoms with Crippen molar-refractivity contribution in [3.8, 4) is 0 Å². The number of carbonyl (C=O) groups excluding carboxylic acids is 4. The number of carboxylic acids is 1. The molecule has 0 aliphatic heterocycles. The number of benzene rings is 2. The fourth-order valence-corrected chi connectivity index (χ4v) is 4.18. The summed E-state index contributed by atoms with van der Waals surface area (Å²) in [5, 5.41) is 19.8. The summed E-state index contributed by atoms with van der Waals surface area (Å²) in [5.41, 5.74) is 1.92. The van der Waals surface area contributed by atoms with E-state index in [9.17, 15) is 28.8 Å². The number of nitrogens with one attached hydrogen (secondary N) is 4. The van der Waals surface area contributed by atoms with Gasteiger partial charge in [0.2, 0.25) is 23.6 Å². The van der Waals surface area contributed by atoms with E-state index in [1.165, 1.54) is 19.9 Å². The lowest BCUT2D eigenvalue weighted by molar-refractivity contribution is -0.137. The number of carboxylic acid groups (broad SMARTS) is 1. The third-order valence-corrected chi connectivity index (χ3v) is 6.46. The normalized spacial score (nSPS) is 12.9. The molecule has 12 nitrogen and oxygen atoms in total. The van der Waals surface area contributed by atoms with Gasteiger partial charge in [0, 0.05) is 42.5 Å². The number of fused-ring (bicyclic) bond motifs is 1. The monoisotopic (exact) mass is 578 g/mol. The van der Waals surface area contributed by atoms with Crippen LogP contribution in [0.25, 0.3) is 11.0 Å². The van der Waals surface area contributed by atoms with E-state index < -0.39 is 53.3 Å². The van der Waals surface area contributed by atoms with Gasteiger partial charge in [-0.15, -0.1) is 0 Å². The van der Waals surface area contributed by atoms with Crippen LogP contribution in [-0.2, 0) is 30.4 Å². The van der Waals surface area contributed by atoms with Gasteiger partial charge in [-0.05, 0) is 50.5 Å². The Kier molecular flexibility index (Phi) is 10.9. The molecule has 3 aromatic rings. The lowest BCUT2D eigenvalue weighted by Gasteiger charge is -2.22. The quantitative estimate of drug-likeness (QED) is 0.189. The van der Waals surface area contributed by atoms with Crippen molar-refractivity contribution in [1.29, 1.82) is 0 Å². The zero-order valence-electron chi connectivity index (χ0n) is 23.6. The molecule has 0 radical (unpaired) electrons. The summed E-state index contributed by atoms with van der Waals surface area (Å²) in [4.78, 5) is 73.0. The second-order valence-corrected chi connectivity index (χ2v) is 9.97. The second-order valence-electron chi connectivity index (χ2n) is 9.97. The van der Waals surface area contributed by atoms with E-state index in [1.54, 1.807) is 25.1 Å². The van der Waals surface area contributed by atoms with Gasteiger partial charge in [-0.2, -0.15) is 0 Å². The Balaban J connectivity index is 1.65. The number of imide groups is 1. The van der Waals surface area contributed by atoms with E-state index in [1.807, 2.05) is 30.3 Å². The number of amides is 4. The zero-order chi connectivity index (χ0) is 30.8. The lowest BCUT2D eigenvalue weighted by atomic mass is 10.0. The summed E-state index contributed by atoms with van der Waals surface area (Å²) in [7, 11) is 0. The molecule has 4 amide bonds. The number of hydrogen-bond donors (Lipinski definition) is 5. The van der Waals surface area contributed by atoms with Crippen molar-refractivity contribution < 1.29 is 33.5 Å². The van der Waals surface area contributed by atoms with E-state index in [-0.39, 0.29) is 25.7 Å². The lowest BCUT2D eigenvalue weighted by Crippen LogP contribution is -2.54. The van der Waals surface area contributed by atoms with Crippen molar-refractivity contribution in [1.82, 2.24) is 16.0 Å². The first kappa shape index (κ1) is 31.5. The summed E-state index contributed by atoms with van der Waals surface area (Å²) in [6, 6.07) is 12.7. The predicted octanol–water partition coefficient (Wildman–Crippen LogP) is 2.03. The molecular formula is C30H34N4O8. The van der Waals surface area contributed by atoms with Gasteiger partial charge in [0.1, 0.15) is 23.7 Å². The first-order chi connectivity index (χ1) is 19.9. The summed E-state index contributed by atoms with van der Waals surface area (Å²) in [5.74, 6) is -3.57. The average molecular weight is 579 g/mol. The highest BCUT2D eigenvalue weighted by atomic mass is 16.4. The largest absolute Gasteiger partial charge is 0.481 e. The molecule has 0 aliphatic rings. The SMILES string of the molecule is Cc1cc(=O)oc2cc(NC(Cc3ccccc3)C(=O)NC(=O)C(C)NC(=O)C(C)NC(=O)CCCC(=O)O)ccc12. The Hall–Kier alpha value is -5.00. The molecule has 0 saturated heterocycles. The summed E-state index contributed by atoms with van der Waals surface area (Å²) in [6.45, 7) is 4.61. The topological polar surface area (TPSA) is 184 Å². The van der Waals surface area contributed by atoms with Gasteiger partial charge in [-0.1, -0.05) is 30.3 Å². The molecule has 2 aromatic carbocycles. The molecule has 3 unspecified atom stereocenters. The van der Waals surface area contributed by atoms with Crippen LogP contribution in [0.3, 0.4) is 0 Å². The second kappa shape index (κ2) is 14.6. The molecule has 1 aromatic heterocycles. The molecule has 3 atom stereocenters. The van der Waals surface area contributed by atoms with Crippen LogP contribution in [0, 0.1) is 6.92 Å². The predicted molar refractivity (Wildman–Crippen MR) is 155 cm³/mol. The van der Waals surface area contributed by atoms with Crippen LogP contribution in [0.2, 0.25) is 0 Å². The van der Waals surface area contributed by atoms with Gasteiger partial charge >= 0.3 is 11.6 Å². The third-order valence-electron chi connectivity index (χ3n) is 6.46. The number of rotatable bonds is 13. The van der Waals surface area contributed by atoms with Crippen LogP contribution in [0.5, 0.6) is 0 Å². The van der Waals surface area contributed by atoms with Gasteiger partial charge < -0.3 is 25.5 Å². The molecule has 0 saturated carbocycles. The number of carbonyl (C=O) groups is 5. The highest BCUT2D eigenvalue weighted by Gasteiger charge is 2.26. The fourth-order valence-electron chi connectivity index (χ4n) is 4.18. The third kappa shape index (κ3) is 9.29. The van der Waals surface area contributed by atoms with Gasteiger partial charge in [-0.3, -0.25) is 29.3 Å². The molecular weight excluding hydrogens is 544 g/mol. The minimum Gasteiger partial charge on any atom is -0.481 e. The Morgan fingerprint density at radius 1 is 0.857 bits per heavy atom. The molecule has 42 heavy (non-hydrogen) atoms. The first-order valence-corrected chi connectivity index (χ1v) is 13.4. The number of hydrogen-bond acceptors (Lipinski definition) is 8. The van der Waals surface area contributed by atoms with E-state index in [2.05, 4.69) is 21.3 Å². The molecule has 0 fully saturated rings. The molecule has 3 rings (SSSR count). The van der Waals surface area contributed by atoms with Gasteiger partial charge in [-0.25, -0.2) is 4.79 Å². The van der Waals surface area contributed by atoms with Crippen molar-refractivity contribution in [2.75, 3.05) is 5.32 Å². The molecule has 0 bridgehead atoms. The highest BCUT2D eigenvalue weighted by Crippen LogP contribution is 2.22. The minimum absolute atomic E-state index is 0.0623. The van der Waals surface area contributed by atoms with E-state index >= 15 is 0 Å². The standard InChI is InChI=1S/C30H34N4O8/c1-17-14-27(38)42-24-16-21(12-13-22(17)24)33-23(15-20-8-5-4-6-9-20)30(41)34-29(40)19(3)32-28(39)18(2)31-25(35)10-7-11-26(36)37/h4-6,8-9,12-14,16,18-19,23,33H,7,10-11,15H2,1-3H3,(H,31,35)(H,32,39)(H,36,37)(H,34,40,41). The van der Waals surface area contributed by atoms with Crippen molar-refractivity contribution in [2.24, 2.45) is 0 Å². The van der Waals surface area contributed by atoms with Crippen LogP contribution in [-0.4, -0.2) is 52.8 Å². The van der Waals surface area contributed by atoms with Crippen LogP contribution >= 0.6 is 0 Å².